The van der Waals surface area contributed by atoms with E-state index in [-0.39, 0.29) is 25.1 Å². The van der Waals surface area contributed by atoms with Crippen LogP contribution in [-0.2, 0) is 35.2 Å². The SMILES string of the molecule is COC(=O)C(CCCN=C(N)N)NC(=O)C(CC(C)C)NC(=O)C(C)OCOCc1ccccc1. The molecule has 0 saturated carbocycles. The highest BCUT2D eigenvalue weighted by molar-refractivity contribution is 5.91. The number of ether oxygens (including phenoxy) is 3. The first kappa shape index (κ1) is 29.9. The fourth-order valence-corrected chi connectivity index (χ4v) is 3.12. The molecule has 35 heavy (non-hydrogen) atoms. The molecule has 0 saturated heterocycles. The quantitative estimate of drug-likeness (QED) is 0.0862. The number of esters is 1. The van der Waals surface area contributed by atoms with Crippen LogP contribution >= 0.6 is 0 Å². The second-order valence-electron chi connectivity index (χ2n) is 8.48. The number of nitrogens with zero attached hydrogens (tertiary/aromatic N) is 1. The Balaban J connectivity index is 2.64. The number of carbonyl (C=O) groups excluding carboxylic acids is 3. The molecular weight excluding hydrogens is 454 g/mol. The fraction of sp³-hybridized carbons (Fsp3) is 0.583. The Morgan fingerprint density at radius 1 is 1.00 bits per heavy atom. The van der Waals surface area contributed by atoms with Crippen LogP contribution in [-0.4, -0.2) is 62.4 Å². The molecule has 0 radical (unpaired) electrons. The van der Waals surface area contributed by atoms with E-state index in [1.54, 1.807) is 6.92 Å². The molecule has 1 aromatic rings. The third-order valence-corrected chi connectivity index (χ3v) is 4.97. The van der Waals surface area contributed by atoms with Crippen molar-refractivity contribution in [2.24, 2.45) is 22.4 Å². The molecule has 1 aromatic carbocycles. The van der Waals surface area contributed by atoms with Crippen molar-refractivity contribution < 1.29 is 28.6 Å². The van der Waals surface area contributed by atoms with Gasteiger partial charge in [0.25, 0.3) is 0 Å². The molecule has 11 heteroatoms. The Labute approximate surface area is 207 Å². The largest absolute Gasteiger partial charge is 0.467 e. The van der Waals surface area contributed by atoms with E-state index in [0.29, 0.717) is 26.0 Å². The van der Waals surface area contributed by atoms with Gasteiger partial charge in [-0.1, -0.05) is 44.2 Å². The molecule has 0 aromatic heterocycles. The normalized spacial score (nSPS) is 13.4. The molecule has 3 unspecified atom stereocenters. The lowest BCUT2D eigenvalue weighted by Gasteiger charge is -2.24. The Morgan fingerprint density at radius 2 is 1.66 bits per heavy atom. The van der Waals surface area contributed by atoms with Crippen LogP contribution in [0, 0.1) is 5.92 Å². The summed E-state index contributed by atoms with van der Waals surface area (Å²) < 4.78 is 15.7. The van der Waals surface area contributed by atoms with Gasteiger partial charge in [-0.25, -0.2) is 4.79 Å². The van der Waals surface area contributed by atoms with Crippen LogP contribution in [0.1, 0.15) is 45.6 Å². The lowest BCUT2D eigenvalue weighted by atomic mass is 10.0. The summed E-state index contributed by atoms with van der Waals surface area (Å²) in [7, 11) is 1.24. The maximum absolute atomic E-state index is 13.0. The standard InChI is InChI=1S/C24H39N5O6/c1-16(2)13-20(22(31)28-19(23(32)33-4)11-8-12-27-24(25)26)29-21(30)17(3)35-15-34-14-18-9-6-5-7-10-18/h5-7,9-10,16-17,19-20H,8,11-15H2,1-4H3,(H,28,31)(H,29,30)(H4,25,26,27). The number of methoxy groups -OCH3 is 1. The first-order valence-electron chi connectivity index (χ1n) is 11.6. The molecule has 0 spiro atoms. The van der Waals surface area contributed by atoms with Crippen LogP contribution in [0.2, 0.25) is 0 Å². The smallest absolute Gasteiger partial charge is 0.328 e. The highest BCUT2D eigenvalue weighted by Crippen LogP contribution is 2.09. The topological polar surface area (TPSA) is 167 Å². The van der Waals surface area contributed by atoms with Crippen molar-refractivity contribution in [1.82, 2.24) is 10.6 Å². The monoisotopic (exact) mass is 493 g/mol. The van der Waals surface area contributed by atoms with E-state index in [2.05, 4.69) is 15.6 Å². The van der Waals surface area contributed by atoms with Crippen molar-refractivity contribution in [1.29, 1.82) is 0 Å². The average Bonchev–Trinajstić information content (AvgIpc) is 2.82. The van der Waals surface area contributed by atoms with E-state index in [0.717, 1.165) is 5.56 Å². The maximum atomic E-state index is 13.0. The molecule has 0 bridgehead atoms. The number of hydrogen-bond acceptors (Lipinski definition) is 7. The number of amides is 2. The van der Waals surface area contributed by atoms with Gasteiger partial charge in [-0.3, -0.25) is 14.6 Å². The number of carbonyl (C=O) groups is 3. The minimum atomic E-state index is -0.895. The number of aliphatic imine (C=N–C) groups is 1. The Bertz CT molecular complexity index is 814. The summed E-state index contributed by atoms with van der Waals surface area (Å²) in [5, 5.41) is 5.38. The lowest BCUT2D eigenvalue weighted by molar-refractivity contribution is -0.147. The molecular formula is C24H39N5O6. The molecule has 6 N–H and O–H groups in total. The highest BCUT2D eigenvalue weighted by Gasteiger charge is 2.29. The predicted molar refractivity (Wildman–Crippen MR) is 132 cm³/mol. The molecule has 2 amide bonds. The van der Waals surface area contributed by atoms with Crippen molar-refractivity contribution in [2.45, 2.75) is 64.8 Å². The van der Waals surface area contributed by atoms with Gasteiger partial charge in [-0.15, -0.1) is 0 Å². The van der Waals surface area contributed by atoms with E-state index < -0.39 is 36.0 Å². The zero-order valence-corrected chi connectivity index (χ0v) is 21.0. The molecule has 11 nitrogen and oxygen atoms in total. The number of hydrogen-bond donors (Lipinski definition) is 4. The Kier molecular flexibility index (Phi) is 14.0. The fourth-order valence-electron chi connectivity index (χ4n) is 3.12. The van der Waals surface area contributed by atoms with E-state index >= 15 is 0 Å². The first-order chi connectivity index (χ1) is 16.6. The number of nitrogens with one attached hydrogen (secondary N) is 2. The van der Waals surface area contributed by atoms with E-state index in [1.807, 2.05) is 44.2 Å². The third kappa shape index (κ3) is 12.7. The molecule has 0 heterocycles. The van der Waals surface area contributed by atoms with Crippen molar-refractivity contribution in [3.05, 3.63) is 35.9 Å². The lowest BCUT2D eigenvalue weighted by Crippen LogP contribution is -2.53. The summed E-state index contributed by atoms with van der Waals surface area (Å²) in [4.78, 5) is 41.6. The maximum Gasteiger partial charge on any atom is 0.328 e. The summed E-state index contributed by atoms with van der Waals surface area (Å²) in [6, 6.07) is 7.82. The van der Waals surface area contributed by atoms with Gasteiger partial charge in [-0.2, -0.15) is 0 Å². The van der Waals surface area contributed by atoms with Crippen LogP contribution in [0.4, 0.5) is 0 Å². The molecule has 0 fully saturated rings. The van der Waals surface area contributed by atoms with E-state index in [9.17, 15) is 14.4 Å². The summed E-state index contributed by atoms with van der Waals surface area (Å²) in [5.41, 5.74) is 11.6. The van der Waals surface area contributed by atoms with E-state index in [4.69, 9.17) is 25.7 Å². The second-order valence-corrected chi connectivity index (χ2v) is 8.48. The van der Waals surface area contributed by atoms with Gasteiger partial charge in [0.15, 0.2) is 5.96 Å². The molecule has 3 atom stereocenters. The summed E-state index contributed by atoms with van der Waals surface area (Å²) >= 11 is 0. The van der Waals surface area contributed by atoms with Crippen molar-refractivity contribution >= 4 is 23.7 Å². The van der Waals surface area contributed by atoms with Gasteiger partial charge in [0, 0.05) is 6.54 Å². The number of rotatable bonds is 16. The van der Waals surface area contributed by atoms with Gasteiger partial charge < -0.3 is 36.3 Å². The van der Waals surface area contributed by atoms with Gasteiger partial charge >= 0.3 is 5.97 Å². The van der Waals surface area contributed by atoms with Crippen molar-refractivity contribution in [3.63, 3.8) is 0 Å². The van der Waals surface area contributed by atoms with Gasteiger partial charge in [-0.05, 0) is 37.7 Å². The number of nitrogens with two attached hydrogens (primary N) is 2. The highest BCUT2D eigenvalue weighted by atomic mass is 16.7. The first-order valence-corrected chi connectivity index (χ1v) is 11.6. The van der Waals surface area contributed by atoms with Crippen molar-refractivity contribution in [3.8, 4) is 0 Å². The zero-order valence-electron chi connectivity index (χ0n) is 21.0. The second kappa shape index (κ2) is 16.4. The third-order valence-electron chi connectivity index (χ3n) is 4.97. The van der Waals surface area contributed by atoms with Crippen molar-refractivity contribution in [2.75, 3.05) is 20.4 Å². The molecule has 0 aliphatic rings. The van der Waals surface area contributed by atoms with Gasteiger partial charge in [0.1, 0.15) is 25.0 Å². The van der Waals surface area contributed by atoms with E-state index in [1.165, 1.54) is 7.11 Å². The molecule has 0 aliphatic heterocycles. The molecule has 196 valence electrons. The van der Waals surface area contributed by atoms with Gasteiger partial charge in [0.05, 0.1) is 13.7 Å². The summed E-state index contributed by atoms with van der Waals surface area (Å²) in [5.74, 6) is -1.49. The van der Waals surface area contributed by atoms with Crippen LogP contribution in [0.5, 0.6) is 0 Å². The van der Waals surface area contributed by atoms with Crippen LogP contribution in [0.25, 0.3) is 0 Å². The molecule has 1 rings (SSSR count). The minimum absolute atomic E-state index is 0.0508. The minimum Gasteiger partial charge on any atom is -0.467 e. The average molecular weight is 494 g/mol. The summed E-state index contributed by atoms with van der Waals surface area (Å²) in [6.07, 6.45) is 0.253. The van der Waals surface area contributed by atoms with Crippen LogP contribution in [0.15, 0.2) is 35.3 Å². The van der Waals surface area contributed by atoms with Gasteiger partial charge in [0.2, 0.25) is 11.8 Å². The number of benzene rings is 1. The summed E-state index contributed by atoms with van der Waals surface area (Å²) in [6.45, 7) is 6.01. The van der Waals surface area contributed by atoms with Crippen LogP contribution < -0.4 is 22.1 Å². The predicted octanol–water partition coefficient (Wildman–Crippen LogP) is 0.808. The Morgan fingerprint density at radius 3 is 2.26 bits per heavy atom. The van der Waals surface area contributed by atoms with Crippen LogP contribution in [0.3, 0.4) is 0 Å². The molecule has 0 aliphatic carbocycles. The Hall–Kier alpha value is -3.18. The zero-order chi connectivity index (χ0) is 26.2. The number of guanidine groups is 1.